The van der Waals surface area contributed by atoms with Crippen molar-refractivity contribution in [3.05, 3.63) is 23.8 Å². The highest BCUT2D eigenvalue weighted by Crippen LogP contribution is 2.70. The van der Waals surface area contributed by atoms with Crippen LogP contribution in [0, 0.1) is 34.5 Å². The first-order chi connectivity index (χ1) is 16.6. The summed E-state index contributed by atoms with van der Waals surface area (Å²) in [4.78, 5) is 11.8. The van der Waals surface area contributed by atoms with Gasteiger partial charge in [0.2, 0.25) is 0 Å². The van der Waals surface area contributed by atoms with Crippen LogP contribution in [0.5, 0.6) is 0 Å². The van der Waals surface area contributed by atoms with E-state index in [9.17, 15) is 15.0 Å². The molecule has 2 heterocycles. The molecule has 4 saturated carbocycles. The van der Waals surface area contributed by atoms with Gasteiger partial charge in [-0.25, -0.2) is 4.79 Å². The SMILES string of the molecule is C[C@H]1O[C@@H](O[C@H]2CC[C@@]3(C)[C@H](CC[C@@H]4[C@@H]3CC[C@]3(C)[C@@H](C5=CC(=O)OC5)CC[C@]43O)C2)C=C[C@H]1O. The zero-order chi connectivity index (χ0) is 24.6. The Hall–Kier alpha value is -1.21. The minimum atomic E-state index is -0.661. The van der Waals surface area contributed by atoms with E-state index in [2.05, 4.69) is 13.8 Å². The monoisotopic (exact) mass is 486 g/mol. The number of carbonyl (C=O) groups is 1. The van der Waals surface area contributed by atoms with Gasteiger partial charge in [-0.2, -0.15) is 0 Å². The smallest absolute Gasteiger partial charge is 0.331 e. The Labute approximate surface area is 209 Å². The average Bonchev–Trinajstić information content (AvgIpc) is 3.36. The lowest BCUT2D eigenvalue weighted by atomic mass is 9.43. The molecule has 2 N–H and O–H groups in total. The van der Waals surface area contributed by atoms with E-state index in [0.29, 0.717) is 24.4 Å². The molecule has 0 unspecified atom stereocenters. The Balaban J connectivity index is 1.17. The molecule has 6 heteroatoms. The number of fused-ring (bicyclic) bond motifs is 5. The Kier molecular flexibility index (Phi) is 5.80. The minimum absolute atomic E-state index is 0.177. The van der Waals surface area contributed by atoms with Gasteiger partial charge in [0, 0.05) is 11.5 Å². The molecule has 0 bridgehead atoms. The molecule has 0 spiro atoms. The molecule has 4 aliphatic carbocycles. The van der Waals surface area contributed by atoms with Crippen molar-refractivity contribution in [3.63, 3.8) is 0 Å². The molecule has 194 valence electrons. The molecule has 35 heavy (non-hydrogen) atoms. The van der Waals surface area contributed by atoms with E-state index < -0.39 is 11.7 Å². The molecule has 0 saturated heterocycles. The largest absolute Gasteiger partial charge is 0.458 e. The first-order valence-corrected chi connectivity index (χ1v) is 13.9. The fourth-order valence-electron chi connectivity index (χ4n) is 9.46. The maximum absolute atomic E-state index is 12.4. The van der Waals surface area contributed by atoms with Crippen LogP contribution in [0.15, 0.2) is 23.8 Å². The van der Waals surface area contributed by atoms with Crippen molar-refractivity contribution >= 4 is 5.97 Å². The summed E-state index contributed by atoms with van der Waals surface area (Å²) < 4.78 is 17.5. The van der Waals surface area contributed by atoms with Gasteiger partial charge >= 0.3 is 5.97 Å². The predicted molar refractivity (Wildman–Crippen MR) is 130 cm³/mol. The van der Waals surface area contributed by atoms with Gasteiger partial charge in [0.05, 0.1) is 23.9 Å². The van der Waals surface area contributed by atoms with Crippen molar-refractivity contribution < 1.29 is 29.2 Å². The van der Waals surface area contributed by atoms with E-state index >= 15 is 0 Å². The standard InChI is InChI=1S/C29H42O6/c1-17-24(30)6-7-26(34-17)35-20-8-11-27(2)19(15-20)4-5-23-22(27)9-12-28(3)21(10-13-29(23,28)32)18-14-25(31)33-16-18/h6-7,14,17,19-24,26,30,32H,4-5,8-13,15-16H2,1-3H3/t17-,19-,20+,21-,22+,23-,24-,26+,27+,28-,29+/m1/s1. The van der Waals surface area contributed by atoms with E-state index in [-0.39, 0.29) is 41.2 Å². The summed E-state index contributed by atoms with van der Waals surface area (Å²) in [5.41, 5.74) is 0.497. The second-order valence-electron chi connectivity index (χ2n) is 12.9. The second kappa shape index (κ2) is 8.41. The third-order valence-electron chi connectivity index (χ3n) is 11.6. The molecular weight excluding hydrogens is 444 g/mol. The average molecular weight is 487 g/mol. The molecule has 2 aliphatic heterocycles. The molecule has 6 nitrogen and oxygen atoms in total. The number of carbonyl (C=O) groups excluding carboxylic acids is 1. The van der Waals surface area contributed by atoms with Gasteiger partial charge < -0.3 is 24.4 Å². The third-order valence-corrected chi connectivity index (χ3v) is 11.6. The number of aliphatic hydroxyl groups excluding tert-OH is 1. The summed E-state index contributed by atoms with van der Waals surface area (Å²) in [5, 5.41) is 22.2. The van der Waals surface area contributed by atoms with Gasteiger partial charge in [-0.05, 0) is 105 Å². The molecule has 6 rings (SSSR count). The van der Waals surface area contributed by atoms with Crippen LogP contribution < -0.4 is 0 Å². The zero-order valence-electron chi connectivity index (χ0n) is 21.4. The van der Waals surface area contributed by atoms with Crippen molar-refractivity contribution in [1.29, 1.82) is 0 Å². The van der Waals surface area contributed by atoms with Gasteiger partial charge in [0.15, 0.2) is 6.29 Å². The Morgan fingerprint density at radius 1 is 1.03 bits per heavy atom. The number of ether oxygens (including phenoxy) is 3. The molecule has 0 aromatic carbocycles. The van der Waals surface area contributed by atoms with Crippen LogP contribution in [-0.4, -0.2) is 53.0 Å². The van der Waals surface area contributed by atoms with E-state index in [1.807, 2.05) is 13.0 Å². The van der Waals surface area contributed by atoms with Crippen LogP contribution in [-0.2, 0) is 19.0 Å². The molecule has 0 amide bonds. The fraction of sp³-hybridized carbons (Fsp3) is 0.828. The van der Waals surface area contributed by atoms with Crippen LogP contribution in [0.25, 0.3) is 0 Å². The lowest BCUT2D eigenvalue weighted by Gasteiger charge is -2.63. The highest BCUT2D eigenvalue weighted by Gasteiger charge is 2.67. The van der Waals surface area contributed by atoms with Crippen LogP contribution in [0.3, 0.4) is 0 Å². The summed E-state index contributed by atoms with van der Waals surface area (Å²) >= 11 is 0. The Morgan fingerprint density at radius 3 is 2.60 bits per heavy atom. The molecule has 11 atom stereocenters. The molecule has 0 aromatic rings. The molecule has 0 radical (unpaired) electrons. The first-order valence-electron chi connectivity index (χ1n) is 13.9. The third kappa shape index (κ3) is 3.61. The number of esters is 1. The van der Waals surface area contributed by atoms with E-state index in [1.165, 1.54) is 0 Å². The molecule has 6 aliphatic rings. The quantitative estimate of drug-likeness (QED) is 0.457. The Morgan fingerprint density at radius 2 is 1.86 bits per heavy atom. The van der Waals surface area contributed by atoms with Gasteiger partial charge in [0.1, 0.15) is 6.61 Å². The predicted octanol–water partition coefficient (Wildman–Crippen LogP) is 4.29. The van der Waals surface area contributed by atoms with Crippen molar-refractivity contribution in [2.45, 2.75) is 109 Å². The summed E-state index contributed by atoms with van der Waals surface area (Å²) in [7, 11) is 0. The normalized spacial score (nSPS) is 53.4. The van der Waals surface area contributed by atoms with Crippen molar-refractivity contribution in [1.82, 2.24) is 0 Å². The van der Waals surface area contributed by atoms with Crippen molar-refractivity contribution in [3.8, 4) is 0 Å². The minimum Gasteiger partial charge on any atom is -0.458 e. The number of hydrogen-bond acceptors (Lipinski definition) is 6. The van der Waals surface area contributed by atoms with Gasteiger partial charge in [-0.15, -0.1) is 0 Å². The van der Waals surface area contributed by atoms with E-state index in [4.69, 9.17) is 14.2 Å². The molecular formula is C29H42O6. The maximum atomic E-state index is 12.4. The van der Waals surface area contributed by atoms with Crippen molar-refractivity contribution in [2.24, 2.45) is 34.5 Å². The van der Waals surface area contributed by atoms with E-state index in [0.717, 1.165) is 63.4 Å². The number of rotatable bonds is 3. The lowest BCUT2D eigenvalue weighted by molar-refractivity contribution is -0.226. The maximum Gasteiger partial charge on any atom is 0.331 e. The lowest BCUT2D eigenvalue weighted by Crippen LogP contribution is -2.62. The fourth-order valence-corrected chi connectivity index (χ4v) is 9.46. The van der Waals surface area contributed by atoms with Crippen LogP contribution in [0.1, 0.15) is 78.6 Å². The van der Waals surface area contributed by atoms with Gasteiger partial charge in [-0.1, -0.05) is 19.9 Å². The number of hydrogen-bond donors (Lipinski definition) is 2. The summed E-state index contributed by atoms with van der Waals surface area (Å²) in [6, 6.07) is 0. The number of cyclic esters (lactones) is 1. The first kappa shape index (κ1) is 24.1. The van der Waals surface area contributed by atoms with Crippen molar-refractivity contribution in [2.75, 3.05) is 6.61 Å². The van der Waals surface area contributed by atoms with Gasteiger partial charge in [-0.3, -0.25) is 0 Å². The number of aliphatic hydroxyl groups is 2. The van der Waals surface area contributed by atoms with E-state index in [1.54, 1.807) is 12.2 Å². The second-order valence-corrected chi connectivity index (χ2v) is 12.9. The summed E-state index contributed by atoms with van der Waals surface area (Å²) in [6.07, 6.45) is 13.7. The van der Waals surface area contributed by atoms with Crippen LogP contribution in [0.2, 0.25) is 0 Å². The van der Waals surface area contributed by atoms with Crippen LogP contribution in [0.4, 0.5) is 0 Å². The van der Waals surface area contributed by atoms with Gasteiger partial charge in [0.25, 0.3) is 0 Å². The zero-order valence-corrected chi connectivity index (χ0v) is 21.4. The topological polar surface area (TPSA) is 85.2 Å². The van der Waals surface area contributed by atoms with Crippen LogP contribution >= 0.6 is 0 Å². The molecule has 0 aromatic heterocycles. The highest BCUT2D eigenvalue weighted by atomic mass is 16.7. The summed E-state index contributed by atoms with van der Waals surface area (Å²) in [6.45, 7) is 7.07. The Bertz CT molecular complexity index is 928. The summed E-state index contributed by atoms with van der Waals surface area (Å²) in [5.74, 6) is 1.50. The molecule has 4 fully saturated rings. The highest BCUT2D eigenvalue weighted by molar-refractivity contribution is 5.85.